The maximum absolute atomic E-state index is 12.6. The second-order valence-corrected chi connectivity index (χ2v) is 8.20. The summed E-state index contributed by atoms with van der Waals surface area (Å²) in [6, 6.07) is 18.5. The highest BCUT2D eigenvalue weighted by Crippen LogP contribution is 2.36. The Hall–Kier alpha value is -3.52. The van der Waals surface area contributed by atoms with Crippen molar-refractivity contribution in [1.82, 2.24) is 0 Å². The van der Waals surface area contributed by atoms with Gasteiger partial charge < -0.3 is 14.8 Å². The molecule has 0 saturated carbocycles. The normalized spacial score (nSPS) is 12.7. The van der Waals surface area contributed by atoms with Crippen molar-refractivity contribution in [3.63, 3.8) is 0 Å². The molecule has 0 spiro atoms. The first-order chi connectivity index (χ1) is 13.9. The van der Waals surface area contributed by atoms with Gasteiger partial charge in [0.15, 0.2) is 5.75 Å². The average Bonchev–Trinajstić information content (AvgIpc) is 2.83. The fourth-order valence-electron chi connectivity index (χ4n) is 3.02. The third-order valence-electron chi connectivity index (χ3n) is 4.34. The molecular weight excluding hydrogens is 392 g/mol. The monoisotopic (exact) mass is 410 g/mol. The van der Waals surface area contributed by atoms with Gasteiger partial charge in [0.25, 0.3) is 5.91 Å². The summed E-state index contributed by atoms with van der Waals surface area (Å²) in [6.07, 6.45) is 0. The van der Waals surface area contributed by atoms with Gasteiger partial charge in [-0.25, -0.2) is 8.42 Å². The number of fused-ring (bicyclic) bond motifs is 2. The number of benzene rings is 3. The van der Waals surface area contributed by atoms with Crippen LogP contribution in [0.25, 0.3) is 0 Å². The van der Waals surface area contributed by atoms with E-state index in [0.717, 1.165) is 0 Å². The largest absolute Gasteiger partial charge is 0.497 e. The standard InChI is InChI=1S/C21H18N2O5S/c1-27-16-6-4-5-14(11-16)13-29(25,26)23-15-9-10-19-17(12-15)21(24)22-18-7-2-3-8-20(18)28-19/h2-12,23H,13H2,1H3,(H,22,24). The van der Waals surface area contributed by atoms with Gasteiger partial charge in [-0.3, -0.25) is 9.52 Å². The van der Waals surface area contributed by atoms with Gasteiger partial charge in [-0.05, 0) is 48.0 Å². The van der Waals surface area contributed by atoms with Crippen LogP contribution in [0.3, 0.4) is 0 Å². The Labute approximate surface area is 168 Å². The van der Waals surface area contributed by atoms with E-state index in [2.05, 4.69) is 10.0 Å². The van der Waals surface area contributed by atoms with Crippen LogP contribution in [0, 0.1) is 0 Å². The Morgan fingerprint density at radius 3 is 2.66 bits per heavy atom. The fraction of sp³-hybridized carbons (Fsp3) is 0.0952. The van der Waals surface area contributed by atoms with Crippen molar-refractivity contribution in [1.29, 1.82) is 0 Å². The maximum atomic E-state index is 12.6. The molecule has 3 aromatic rings. The zero-order valence-electron chi connectivity index (χ0n) is 15.5. The quantitative estimate of drug-likeness (QED) is 0.663. The summed E-state index contributed by atoms with van der Waals surface area (Å²) in [7, 11) is -2.18. The molecular formula is C21H18N2O5S. The first-order valence-electron chi connectivity index (χ1n) is 8.79. The lowest BCUT2D eigenvalue weighted by atomic mass is 10.1. The van der Waals surface area contributed by atoms with Gasteiger partial charge in [0, 0.05) is 5.69 Å². The summed E-state index contributed by atoms with van der Waals surface area (Å²) >= 11 is 0. The number of rotatable bonds is 5. The fourth-order valence-corrected chi connectivity index (χ4v) is 4.20. The SMILES string of the molecule is COc1cccc(CS(=O)(=O)Nc2ccc3c(c2)C(=O)Nc2ccccc2O3)c1. The van der Waals surface area contributed by atoms with E-state index in [1.165, 1.54) is 13.2 Å². The molecule has 0 radical (unpaired) electrons. The molecule has 0 aliphatic carbocycles. The van der Waals surface area contributed by atoms with Crippen LogP contribution in [-0.4, -0.2) is 21.4 Å². The van der Waals surface area contributed by atoms with E-state index in [1.54, 1.807) is 60.7 Å². The van der Waals surface area contributed by atoms with Crippen molar-refractivity contribution in [3.8, 4) is 17.2 Å². The zero-order chi connectivity index (χ0) is 20.4. The van der Waals surface area contributed by atoms with Crippen molar-refractivity contribution in [2.24, 2.45) is 0 Å². The minimum atomic E-state index is -3.70. The van der Waals surface area contributed by atoms with E-state index in [0.29, 0.717) is 28.5 Å². The molecule has 4 rings (SSSR count). The molecule has 1 amide bonds. The number of anilines is 2. The molecule has 0 atom stereocenters. The van der Waals surface area contributed by atoms with E-state index in [9.17, 15) is 13.2 Å². The van der Waals surface area contributed by atoms with E-state index >= 15 is 0 Å². The highest BCUT2D eigenvalue weighted by molar-refractivity contribution is 7.91. The van der Waals surface area contributed by atoms with E-state index in [1.807, 2.05) is 0 Å². The van der Waals surface area contributed by atoms with E-state index in [4.69, 9.17) is 9.47 Å². The summed E-state index contributed by atoms with van der Waals surface area (Å²) in [5, 5.41) is 2.77. The molecule has 1 aliphatic heterocycles. The topological polar surface area (TPSA) is 93.7 Å². The molecule has 0 fully saturated rings. The number of para-hydroxylation sites is 2. The third kappa shape index (κ3) is 4.17. The second-order valence-electron chi connectivity index (χ2n) is 6.48. The van der Waals surface area contributed by atoms with Crippen LogP contribution in [0.4, 0.5) is 11.4 Å². The molecule has 7 nitrogen and oxygen atoms in total. The number of hydrogen-bond donors (Lipinski definition) is 2. The van der Waals surface area contributed by atoms with Crippen LogP contribution < -0.4 is 19.5 Å². The predicted octanol–water partition coefficient (Wildman–Crippen LogP) is 4.00. The Morgan fingerprint density at radius 1 is 1.00 bits per heavy atom. The lowest BCUT2D eigenvalue weighted by Gasteiger charge is -2.11. The van der Waals surface area contributed by atoms with Crippen molar-refractivity contribution >= 4 is 27.3 Å². The lowest BCUT2D eigenvalue weighted by molar-refractivity contribution is 0.102. The van der Waals surface area contributed by atoms with Crippen LogP contribution in [0.1, 0.15) is 15.9 Å². The molecule has 1 aliphatic rings. The number of sulfonamides is 1. The van der Waals surface area contributed by atoms with E-state index in [-0.39, 0.29) is 22.9 Å². The number of ether oxygens (including phenoxy) is 2. The van der Waals surface area contributed by atoms with Gasteiger partial charge in [-0.2, -0.15) is 0 Å². The molecule has 3 aromatic carbocycles. The number of methoxy groups -OCH3 is 1. The summed E-state index contributed by atoms with van der Waals surface area (Å²) in [5.74, 6) is 0.846. The Morgan fingerprint density at radius 2 is 1.83 bits per heavy atom. The Kier molecular flexibility index (Phi) is 4.85. The van der Waals surface area contributed by atoms with Crippen LogP contribution >= 0.6 is 0 Å². The summed E-state index contributed by atoms with van der Waals surface area (Å²) < 4.78 is 38.6. The van der Waals surface area contributed by atoms with E-state index < -0.39 is 10.0 Å². The van der Waals surface area contributed by atoms with Gasteiger partial charge in [-0.1, -0.05) is 24.3 Å². The summed E-state index contributed by atoms with van der Waals surface area (Å²) in [5.41, 5.74) is 1.65. The van der Waals surface area contributed by atoms with Crippen molar-refractivity contribution in [2.45, 2.75) is 5.75 Å². The van der Waals surface area contributed by atoms with Gasteiger partial charge in [-0.15, -0.1) is 0 Å². The van der Waals surface area contributed by atoms with Gasteiger partial charge in [0.05, 0.1) is 24.1 Å². The smallest absolute Gasteiger partial charge is 0.259 e. The molecule has 2 N–H and O–H groups in total. The average molecular weight is 410 g/mol. The number of amides is 1. The Balaban J connectivity index is 1.57. The van der Waals surface area contributed by atoms with Crippen molar-refractivity contribution in [3.05, 3.63) is 77.9 Å². The number of hydrogen-bond acceptors (Lipinski definition) is 5. The molecule has 1 heterocycles. The van der Waals surface area contributed by atoms with Gasteiger partial charge in [0.1, 0.15) is 11.5 Å². The zero-order valence-corrected chi connectivity index (χ0v) is 16.3. The molecule has 148 valence electrons. The maximum Gasteiger partial charge on any atom is 0.259 e. The molecule has 0 unspecified atom stereocenters. The Bertz CT molecular complexity index is 1190. The molecule has 0 bridgehead atoms. The minimum absolute atomic E-state index is 0.227. The van der Waals surface area contributed by atoms with Crippen LogP contribution in [-0.2, 0) is 15.8 Å². The molecule has 8 heteroatoms. The predicted molar refractivity (Wildman–Crippen MR) is 110 cm³/mol. The van der Waals surface area contributed by atoms with Crippen LogP contribution in [0.5, 0.6) is 17.2 Å². The number of carbonyl (C=O) groups excluding carboxylic acids is 1. The number of nitrogens with one attached hydrogen (secondary N) is 2. The van der Waals surface area contributed by atoms with Gasteiger partial charge in [0.2, 0.25) is 10.0 Å². The number of carbonyl (C=O) groups is 1. The highest BCUT2D eigenvalue weighted by atomic mass is 32.2. The molecule has 29 heavy (non-hydrogen) atoms. The highest BCUT2D eigenvalue weighted by Gasteiger charge is 2.22. The minimum Gasteiger partial charge on any atom is -0.497 e. The summed E-state index contributed by atoms with van der Waals surface area (Å²) in [6.45, 7) is 0. The van der Waals surface area contributed by atoms with Gasteiger partial charge >= 0.3 is 0 Å². The van der Waals surface area contributed by atoms with Crippen LogP contribution in [0.2, 0.25) is 0 Å². The third-order valence-corrected chi connectivity index (χ3v) is 5.60. The van der Waals surface area contributed by atoms with Crippen LogP contribution in [0.15, 0.2) is 66.7 Å². The first kappa shape index (κ1) is 18.8. The molecule has 0 saturated heterocycles. The summed E-state index contributed by atoms with van der Waals surface area (Å²) in [4.78, 5) is 12.6. The first-order valence-corrected chi connectivity index (χ1v) is 10.4. The second kappa shape index (κ2) is 7.48. The molecule has 0 aromatic heterocycles. The van der Waals surface area contributed by atoms with Crippen molar-refractivity contribution < 1.29 is 22.7 Å². The van der Waals surface area contributed by atoms with Crippen molar-refractivity contribution in [2.75, 3.05) is 17.1 Å². The lowest BCUT2D eigenvalue weighted by Crippen LogP contribution is -2.16.